The molecule has 0 saturated heterocycles. The fourth-order valence-electron chi connectivity index (χ4n) is 2.81. The van der Waals surface area contributed by atoms with Crippen molar-refractivity contribution in [3.05, 3.63) is 42.0 Å². The summed E-state index contributed by atoms with van der Waals surface area (Å²) in [5, 5.41) is 0. The Morgan fingerprint density at radius 2 is 1.19 bits per heavy atom. The number of hydrogen-bond acceptors (Lipinski definition) is 0. The molecular formula is C18H28F2Zr. The Kier molecular flexibility index (Phi) is 9.53. The minimum absolute atomic E-state index is 0. The van der Waals surface area contributed by atoms with Crippen LogP contribution >= 0.6 is 0 Å². The average Bonchev–Trinajstić information content (AvgIpc) is 2.89. The van der Waals surface area contributed by atoms with Crippen LogP contribution in [0.3, 0.4) is 0 Å². The van der Waals surface area contributed by atoms with Crippen molar-refractivity contribution in [2.24, 2.45) is 11.8 Å². The fourth-order valence-corrected chi connectivity index (χ4v) is 6.49. The summed E-state index contributed by atoms with van der Waals surface area (Å²) >= 11 is -0.495. The second-order valence-electron chi connectivity index (χ2n) is 6.54. The van der Waals surface area contributed by atoms with E-state index in [2.05, 4.69) is 52.0 Å². The van der Waals surface area contributed by atoms with E-state index in [1.165, 1.54) is 25.7 Å². The molecule has 0 amide bonds. The van der Waals surface area contributed by atoms with Crippen LogP contribution in [-0.4, -0.2) is 0 Å². The van der Waals surface area contributed by atoms with Gasteiger partial charge in [-0.05, 0) is 0 Å². The molecule has 2 aliphatic rings. The minimum Gasteiger partial charge on any atom is -0.269 e. The monoisotopic (exact) mass is 372 g/mol. The number of allylic oxidation sites excluding steroid dienone is 8. The van der Waals surface area contributed by atoms with Crippen LogP contribution in [0.25, 0.3) is 0 Å². The van der Waals surface area contributed by atoms with Gasteiger partial charge in [-0.2, -0.15) is 0 Å². The second kappa shape index (κ2) is 9.67. The van der Waals surface area contributed by atoms with Crippen molar-refractivity contribution in [3.63, 3.8) is 0 Å². The van der Waals surface area contributed by atoms with E-state index >= 15 is 0 Å². The maximum absolute atomic E-state index is 2.40. The molecule has 0 fully saturated rings. The van der Waals surface area contributed by atoms with Gasteiger partial charge in [-0.15, -0.1) is 0 Å². The van der Waals surface area contributed by atoms with Crippen molar-refractivity contribution < 1.29 is 32.6 Å². The van der Waals surface area contributed by atoms with Crippen LogP contribution < -0.4 is 0 Å². The molecule has 118 valence electrons. The summed E-state index contributed by atoms with van der Waals surface area (Å²) in [6.45, 7) is 9.34. The molecule has 0 bridgehead atoms. The van der Waals surface area contributed by atoms with Crippen LogP contribution in [0.5, 0.6) is 0 Å². The standard InChI is InChI=1S/2C9H13.2FH.Zr/c2*1-8(2)7-9-5-3-4-6-9;;;/h2*3,5,8H,4,7H2,1-2H3;2*1H;. The molecule has 0 aromatic carbocycles. The maximum atomic E-state index is 2.40. The van der Waals surface area contributed by atoms with Crippen LogP contribution in [0.1, 0.15) is 53.4 Å². The van der Waals surface area contributed by atoms with Crippen molar-refractivity contribution >= 4 is 0 Å². The topological polar surface area (TPSA) is 0 Å². The summed E-state index contributed by atoms with van der Waals surface area (Å²) in [5.41, 5.74) is 3.37. The third-order valence-corrected chi connectivity index (χ3v) is 7.68. The van der Waals surface area contributed by atoms with Gasteiger partial charge in [0.2, 0.25) is 0 Å². The first-order valence-electron chi connectivity index (χ1n) is 7.60. The van der Waals surface area contributed by atoms with Crippen LogP contribution in [0.4, 0.5) is 9.41 Å². The van der Waals surface area contributed by atoms with Gasteiger partial charge in [0.25, 0.3) is 0 Å². The molecule has 0 heterocycles. The predicted octanol–water partition coefficient (Wildman–Crippen LogP) is 5.89. The van der Waals surface area contributed by atoms with E-state index in [9.17, 15) is 0 Å². The molecule has 0 N–H and O–H groups in total. The molecule has 0 aromatic rings. The van der Waals surface area contributed by atoms with Crippen molar-refractivity contribution in [1.29, 1.82) is 0 Å². The molecule has 0 saturated carbocycles. The van der Waals surface area contributed by atoms with Gasteiger partial charge in [0, 0.05) is 0 Å². The first kappa shape index (κ1) is 20.7. The van der Waals surface area contributed by atoms with E-state index in [0.29, 0.717) is 0 Å². The minimum atomic E-state index is -0.495. The van der Waals surface area contributed by atoms with E-state index in [4.69, 9.17) is 0 Å². The van der Waals surface area contributed by atoms with Gasteiger partial charge in [0.1, 0.15) is 0 Å². The average molecular weight is 374 g/mol. The van der Waals surface area contributed by atoms with Gasteiger partial charge in [-0.3, -0.25) is 9.41 Å². The molecule has 0 unspecified atom stereocenters. The smallest absolute Gasteiger partial charge is 0.269 e. The van der Waals surface area contributed by atoms with Gasteiger partial charge < -0.3 is 0 Å². The van der Waals surface area contributed by atoms with Crippen LogP contribution in [0.15, 0.2) is 42.0 Å². The first-order chi connectivity index (χ1) is 9.06. The van der Waals surface area contributed by atoms with Crippen LogP contribution in [-0.2, 0) is 23.2 Å². The van der Waals surface area contributed by atoms with Crippen LogP contribution in [0, 0.1) is 11.8 Å². The Labute approximate surface area is 139 Å². The molecule has 21 heavy (non-hydrogen) atoms. The Hall–Kier alpha value is -0.297. The number of halogens is 2. The Morgan fingerprint density at radius 1 is 0.810 bits per heavy atom. The number of hydrogen-bond donors (Lipinski definition) is 0. The Morgan fingerprint density at radius 3 is 1.52 bits per heavy atom. The van der Waals surface area contributed by atoms with Gasteiger partial charge in [-0.25, -0.2) is 0 Å². The fraction of sp³-hybridized carbons (Fsp3) is 0.556. The van der Waals surface area contributed by atoms with Crippen molar-refractivity contribution in [3.8, 4) is 0 Å². The van der Waals surface area contributed by atoms with Crippen LogP contribution in [0.2, 0.25) is 0 Å². The van der Waals surface area contributed by atoms with Crippen molar-refractivity contribution in [2.45, 2.75) is 53.4 Å². The third kappa shape index (κ3) is 6.14. The zero-order valence-corrected chi connectivity index (χ0v) is 16.1. The normalized spacial score (nSPS) is 16.9. The summed E-state index contributed by atoms with van der Waals surface area (Å²) in [6, 6.07) is 0. The second-order valence-corrected chi connectivity index (χ2v) is 10.1. The van der Waals surface area contributed by atoms with E-state index < -0.39 is 23.2 Å². The quantitative estimate of drug-likeness (QED) is 0.544. The summed E-state index contributed by atoms with van der Waals surface area (Å²) in [6.07, 6.45) is 14.7. The third-order valence-electron chi connectivity index (χ3n) is 3.62. The molecule has 0 atom stereocenters. The first-order valence-corrected chi connectivity index (χ1v) is 10.1. The molecule has 2 aliphatic carbocycles. The molecule has 3 heteroatoms. The largest absolute Gasteiger partial charge is 0.269 e. The van der Waals surface area contributed by atoms with E-state index in [0.717, 1.165) is 11.8 Å². The molecule has 0 aliphatic heterocycles. The summed E-state index contributed by atoms with van der Waals surface area (Å²) in [5.74, 6) is 1.58. The molecule has 0 radical (unpaired) electrons. The molecule has 0 spiro atoms. The zero-order valence-electron chi connectivity index (χ0n) is 13.6. The van der Waals surface area contributed by atoms with Gasteiger partial charge in [0.05, 0.1) is 0 Å². The van der Waals surface area contributed by atoms with E-state index in [1.807, 2.05) is 6.56 Å². The Balaban J connectivity index is 0.00000200. The van der Waals surface area contributed by atoms with Gasteiger partial charge in [0.15, 0.2) is 0 Å². The molecular weight excluding hydrogens is 345 g/mol. The molecule has 0 nitrogen and oxygen atoms in total. The summed E-state index contributed by atoms with van der Waals surface area (Å²) in [7, 11) is 0. The summed E-state index contributed by atoms with van der Waals surface area (Å²) in [4.78, 5) is 0. The molecule has 0 aromatic heterocycles. The van der Waals surface area contributed by atoms with Crippen molar-refractivity contribution in [2.75, 3.05) is 0 Å². The van der Waals surface area contributed by atoms with Gasteiger partial charge in [-0.1, -0.05) is 0 Å². The van der Waals surface area contributed by atoms with E-state index in [-0.39, 0.29) is 9.41 Å². The SMILES string of the molecule is CC(C)CC1=[C]([Zr][C]2=C(CC(C)C)C=CC2)CC=C1.F.F. The number of rotatable bonds is 6. The Bertz CT molecular complexity index is 412. The van der Waals surface area contributed by atoms with Gasteiger partial charge >= 0.3 is 130 Å². The summed E-state index contributed by atoms with van der Waals surface area (Å²) < 4.78 is 3.69. The zero-order chi connectivity index (χ0) is 13.8. The van der Waals surface area contributed by atoms with Crippen molar-refractivity contribution in [1.82, 2.24) is 0 Å². The predicted molar refractivity (Wildman–Crippen MR) is 85.5 cm³/mol. The van der Waals surface area contributed by atoms with E-state index in [1.54, 1.807) is 11.1 Å². The maximum Gasteiger partial charge on any atom is -0.269 e. The molecule has 2 rings (SSSR count).